The minimum Gasteiger partial charge on any atom is -0.376 e. The third kappa shape index (κ3) is 3.30. The van der Waals surface area contributed by atoms with Crippen molar-refractivity contribution in [2.75, 3.05) is 26.7 Å². The van der Waals surface area contributed by atoms with Crippen LogP contribution in [0, 0.1) is 0 Å². The summed E-state index contributed by atoms with van der Waals surface area (Å²) in [5, 5.41) is 3.09. The van der Waals surface area contributed by atoms with E-state index in [9.17, 15) is 8.42 Å². The van der Waals surface area contributed by atoms with Gasteiger partial charge in [-0.3, -0.25) is 0 Å². The molecule has 1 aromatic rings. The fourth-order valence-electron chi connectivity index (χ4n) is 2.01. The van der Waals surface area contributed by atoms with Gasteiger partial charge in [0.05, 0.1) is 12.7 Å². The summed E-state index contributed by atoms with van der Waals surface area (Å²) in [7, 11) is -1.67. The van der Waals surface area contributed by atoms with Crippen LogP contribution in [0.25, 0.3) is 0 Å². The summed E-state index contributed by atoms with van der Waals surface area (Å²) < 4.78 is 31.6. The van der Waals surface area contributed by atoms with Gasteiger partial charge in [-0.25, -0.2) is 13.4 Å². The van der Waals surface area contributed by atoms with E-state index in [2.05, 4.69) is 10.3 Å². The van der Waals surface area contributed by atoms with E-state index >= 15 is 0 Å². The summed E-state index contributed by atoms with van der Waals surface area (Å²) in [4.78, 5) is 4.06. The molecule has 0 radical (unpaired) electrons. The molecule has 0 saturated carbocycles. The molecule has 1 aliphatic heterocycles. The van der Waals surface area contributed by atoms with Gasteiger partial charge in [-0.05, 0) is 25.6 Å². The van der Waals surface area contributed by atoms with Crippen LogP contribution in [-0.2, 0) is 21.3 Å². The Morgan fingerprint density at radius 1 is 1.53 bits per heavy atom. The normalized spacial score (nSPS) is 21.5. The molecule has 7 heteroatoms. The third-order valence-electron chi connectivity index (χ3n) is 2.99. The van der Waals surface area contributed by atoms with Gasteiger partial charge < -0.3 is 10.1 Å². The summed E-state index contributed by atoms with van der Waals surface area (Å²) >= 11 is 0. The van der Waals surface area contributed by atoms with Crippen molar-refractivity contribution in [3.63, 3.8) is 0 Å². The van der Waals surface area contributed by atoms with Crippen molar-refractivity contribution in [1.82, 2.24) is 14.6 Å². The van der Waals surface area contributed by atoms with Crippen molar-refractivity contribution < 1.29 is 13.2 Å². The van der Waals surface area contributed by atoms with Crippen LogP contribution in [0.1, 0.15) is 12.5 Å². The molecule has 1 aromatic heterocycles. The zero-order chi connectivity index (χ0) is 13.9. The van der Waals surface area contributed by atoms with Crippen molar-refractivity contribution in [2.45, 2.75) is 24.6 Å². The number of sulfonamides is 1. The highest BCUT2D eigenvalue weighted by molar-refractivity contribution is 7.89. The van der Waals surface area contributed by atoms with Crippen LogP contribution in [0.5, 0.6) is 0 Å². The highest BCUT2D eigenvalue weighted by Crippen LogP contribution is 2.17. The number of nitrogens with one attached hydrogen (secondary N) is 1. The van der Waals surface area contributed by atoms with E-state index in [1.54, 1.807) is 18.3 Å². The molecule has 2 heterocycles. The van der Waals surface area contributed by atoms with Crippen LogP contribution < -0.4 is 5.32 Å². The minimum atomic E-state index is -3.50. The number of aromatic nitrogens is 1. The van der Waals surface area contributed by atoms with E-state index in [1.165, 1.54) is 4.31 Å². The van der Waals surface area contributed by atoms with Gasteiger partial charge in [0.15, 0.2) is 5.03 Å². The van der Waals surface area contributed by atoms with Crippen LogP contribution in [-0.4, -0.2) is 50.6 Å². The molecule has 0 spiro atoms. The second-order valence-electron chi connectivity index (χ2n) is 4.58. The Kier molecular flexibility index (Phi) is 4.51. The van der Waals surface area contributed by atoms with Gasteiger partial charge in [-0.2, -0.15) is 4.31 Å². The Bertz CT molecular complexity index is 516. The first-order valence-electron chi connectivity index (χ1n) is 6.25. The van der Waals surface area contributed by atoms with E-state index < -0.39 is 10.0 Å². The molecule has 1 fully saturated rings. The second-order valence-corrected chi connectivity index (χ2v) is 6.46. The van der Waals surface area contributed by atoms with E-state index in [-0.39, 0.29) is 11.1 Å². The van der Waals surface area contributed by atoms with Gasteiger partial charge in [0.2, 0.25) is 0 Å². The lowest BCUT2D eigenvalue weighted by molar-refractivity contribution is 0.0101. The Hall–Kier alpha value is -1.02. The largest absolute Gasteiger partial charge is 0.376 e. The number of hydrogen-bond acceptors (Lipinski definition) is 5. The van der Waals surface area contributed by atoms with E-state index in [0.717, 1.165) is 5.56 Å². The monoisotopic (exact) mass is 285 g/mol. The van der Waals surface area contributed by atoms with E-state index in [1.807, 2.05) is 14.0 Å². The molecule has 0 bridgehead atoms. The molecule has 1 unspecified atom stereocenters. The Morgan fingerprint density at radius 3 is 2.89 bits per heavy atom. The average molecular weight is 285 g/mol. The van der Waals surface area contributed by atoms with Crippen LogP contribution in [0.4, 0.5) is 0 Å². The lowest BCUT2D eigenvalue weighted by Crippen LogP contribution is -2.44. The van der Waals surface area contributed by atoms with Crippen molar-refractivity contribution in [1.29, 1.82) is 0 Å². The molecular formula is C12H19N3O3S. The SMILES string of the molecule is CNCc1ccc(S(=O)(=O)N2CCOC(C)C2)nc1. The first-order chi connectivity index (χ1) is 9.04. The fraction of sp³-hybridized carbons (Fsp3) is 0.583. The number of hydrogen-bond donors (Lipinski definition) is 1. The van der Waals surface area contributed by atoms with Crippen molar-refractivity contribution in [3.05, 3.63) is 23.9 Å². The molecule has 1 saturated heterocycles. The number of nitrogens with zero attached hydrogens (tertiary/aromatic N) is 2. The van der Waals surface area contributed by atoms with Crippen molar-refractivity contribution in [2.24, 2.45) is 0 Å². The van der Waals surface area contributed by atoms with Gasteiger partial charge in [0.1, 0.15) is 0 Å². The van der Waals surface area contributed by atoms with Crippen molar-refractivity contribution >= 4 is 10.0 Å². The predicted octanol–water partition coefficient (Wildman–Crippen LogP) is 0.210. The Balaban J connectivity index is 2.18. The molecule has 106 valence electrons. The molecule has 1 atom stereocenters. The summed E-state index contributed by atoms with van der Waals surface area (Å²) in [6.07, 6.45) is 1.51. The highest BCUT2D eigenvalue weighted by Gasteiger charge is 2.29. The van der Waals surface area contributed by atoms with Crippen LogP contribution in [0.15, 0.2) is 23.4 Å². The number of morpholine rings is 1. The number of pyridine rings is 1. The van der Waals surface area contributed by atoms with Crippen LogP contribution in [0.2, 0.25) is 0 Å². The first-order valence-corrected chi connectivity index (χ1v) is 7.69. The lowest BCUT2D eigenvalue weighted by atomic mass is 10.3. The maximum Gasteiger partial charge on any atom is 0.260 e. The zero-order valence-electron chi connectivity index (χ0n) is 11.2. The molecule has 1 N–H and O–H groups in total. The molecule has 6 nitrogen and oxygen atoms in total. The molecule has 0 aromatic carbocycles. The maximum absolute atomic E-state index is 12.4. The van der Waals surface area contributed by atoms with Gasteiger partial charge in [0, 0.05) is 25.8 Å². The zero-order valence-corrected chi connectivity index (χ0v) is 12.0. The molecule has 2 rings (SSSR count). The van der Waals surface area contributed by atoms with Crippen LogP contribution in [0.3, 0.4) is 0 Å². The fourth-order valence-corrected chi connectivity index (χ4v) is 3.42. The first kappa shape index (κ1) is 14.4. The molecular weight excluding hydrogens is 266 g/mol. The topological polar surface area (TPSA) is 71.5 Å². The Labute approximate surface area is 113 Å². The highest BCUT2D eigenvalue weighted by atomic mass is 32.2. The number of rotatable bonds is 4. The maximum atomic E-state index is 12.4. The summed E-state index contributed by atoms with van der Waals surface area (Å²) in [6.45, 7) is 3.72. The molecule has 1 aliphatic rings. The second kappa shape index (κ2) is 5.96. The quantitative estimate of drug-likeness (QED) is 0.856. The van der Waals surface area contributed by atoms with Gasteiger partial charge >= 0.3 is 0 Å². The van der Waals surface area contributed by atoms with Gasteiger partial charge in [0.25, 0.3) is 10.0 Å². The lowest BCUT2D eigenvalue weighted by Gasteiger charge is -2.29. The predicted molar refractivity (Wildman–Crippen MR) is 71.2 cm³/mol. The molecule has 19 heavy (non-hydrogen) atoms. The van der Waals surface area contributed by atoms with Crippen LogP contribution >= 0.6 is 0 Å². The van der Waals surface area contributed by atoms with Crippen molar-refractivity contribution in [3.8, 4) is 0 Å². The van der Waals surface area contributed by atoms with E-state index in [4.69, 9.17) is 4.74 Å². The van der Waals surface area contributed by atoms with E-state index in [0.29, 0.717) is 26.2 Å². The number of ether oxygens (including phenoxy) is 1. The summed E-state index contributed by atoms with van der Waals surface area (Å²) in [5.74, 6) is 0. The van der Waals surface area contributed by atoms with Gasteiger partial charge in [-0.1, -0.05) is 6.07 Å². The summed E-state index contributed by atoms with van der Waals surface area (Å²) in [6, 6.07) is 3.34. The third-order valence-corrected chi connectivity index (χ3v) is 4.77. The molecule has 0 amide bonds. The Morgan fingerprint density at radius 2 is 2.32 bits per heavy atom. The minimum absolute atomic E-state index is 0.0768. The summed E-state index contributed by atoms with van der Waals surface area (Å²) in [5.41, 5.74) is 0.955. The smallest absolute Gasteiger partial charge is 0.260 e. The standard InChI is InChI=1S/C12H19N3O3S/c1-10-9-15(5-6-18-10)19(16,17)12-4-3-11(7-13-2)8-14-12/h3-4,8,10,13H,5-7,9H2,1-2H3. The van der Waals surface area contributed by atoms with Gasteiger partial charge in [-0.15, -0.1) is 0 Å². The molecule has 0 aliphatic carbocycles. The average Bonchev–Trinajstić information content (AvgIpc) is 2.40.